The minimum Gasteiger partial charge on any atom is -0.368 e. The van der Waals surface area contributed by atoms with Crippen LogP contribution in [0.15, 0.2) is 16.4 Å². The summed E-state index contributed by atoms with van der Waals surface area (Å²) >= 11 is 0. The zero-order valence-corrected chi connectivity index (χ0v) is 13.3. The van der Waals surface area contributed by atoms with E-state index in [4.69, 9.17) is 10.3 Å². The SMILES string of the molecule is C[C@@](CCc1cc(/C=C(\F)C2CC2)on1)(C(N)=O)S(C)(=O)=O. The fourth-order valence-corrected chi connectivity index (χ4v) is 2.82. The third-order valence-electron chi connectivity index (χ3n) is 4.02. The number of allylic oxidation sites excluding steroid dienone is 1. The number of amides is 1. The smallest absolute Gasteiger partial charge is 0.238 e. The van der Waals surface area contributed by atoms with Crippen LogP contribution in [0.3, 0.4) is 0 Å². The van der Waals surface area contributed by atoms with Crippen LogP contribution in [0, 0.1) is 5.92 Å². The van der Waals surface area contributed by atoms with E-state index in [2.05, 4.69) is 5.16 Å². The number of primary amides is 1. The van der Waals surface area contributed by atoms with Crippen molar-refractivity contribution in [1.29, 1.82) is 0 Å². The van der Waals surface area contributed by atoms with E-state index < -0.39 is 20.5 Å². The van der Waals surface area contributed by atoms with Gasteiger partial charge in [0.1, 0.15) is 10.6 Å². The van der Waals surface area contributed by atoms with E-state index in [-0.39, 0.29) is 30.3 Å². The first kappa shape index (κ1) is 16.7. The summed E-state index contributed by atoms with van der Waals surface area (Å²) in [6.45, 7) is 1.29. The predicted octanol–water partition coefficient (Wildman–Crippen LogP) is 1.62. The number of halogens is 1. The van der Waals surface area contributed by atoms with E-state index in [0.29, 0.717) is 5.69 Å². The van der Waals surface area contributed by atoms with Crippen LogP contribution >= 0.6 is 0 Å². The molecule has 122 valence electrons. The van der Waals surface area contributed by atoms with Gasteiger partial charge in [-0.2, -0.15) is 0 Å². The Bertz CT molecular complexity index is 706. The van der Waals surface area contributed by atoms with Gasteiger partial charge in [0.05, 0.1) is 5.69 Å². The van der Waals surface area contributed by atoms with Crippen LogP contribution in [-0.4, -0.2) is 30.5 Å². The second kappa shape index (κ2) is 5.83. The van der Waals surface area contributed by atoms with Gasteiger partial charge in [0, 0.05) is 24.3 Å². The average molecular weight is 330 g/mol. The van der Waals surface area contributed by atoms with Gasteiger partial charge in [-0.15, -0.1) is 0 Å². The molecule has 1 aliphatic rings. The van der Waals surface area contributed by atoms with E-state index >= 15 is 0 Å². The molecule has 1 aliphatic carbocycles. The molecule has 0 spiro atoms. The third-order valence-corrected chi connectivity index (χ3v) is 6.06. The van der Waals surface area contributed by atoms with Gasteiger partial charge < -0.3 is 10.3 Å². The molecule has 6 nitrogen and oxygen atoms in total. The molecule has 0 radical (unpaired) electrons. The molecule has 1 aromatic heterocycles. The van der Waals surface area contributed by atoms with Crippen LogP contribution in [0.25, 0.3) is 6.08 Å². The molecule has 0 aromatic carbocycles. The lowest BCUT2D eigenvalue weighted by Crippen LogP contribution is -2.47. The lowest BCUT2D eigenvalue weighted by Gasteiger charge is -2.23. The molecule has 0 saturated heterocycles. The fraction of sp³-hybridized carbons (Fsp3) is 0.571. The summed E-state index contributed by atoms with van der Waals surface area (Å²) < 4.78 is 40.4. The summed E-state index contributed by atoms with van der Waals surface area (Å²) in [7, 11) is -3.65. The molecule has 0 unspecified atom stereocenters. The van der Waals surface area contributed by atoms with E-state index in [1.165, 1.54) is 19.1 Å². The van der Waals surface area contributed by atoms with Crippen LogP contribution in [0.2, 0.25) is 0 Å². The quantitative estimate of drug-likeness (QED) is 0.818. The highest BCUT2D eigenvalue weighted by molar-refractivity contribution is 7.92. The fourth-order valence-electron chi connectivity index (χ4n) is 1.98. The van der Waals surface area contributed by atoms with Crippen molar-refractivity contribution >= 4 is 21.8 Å². The maximum absolute atomic E-state index is 13.6. The molecular formula is C14H19FN2O4S. The first-order chi connectivity index (χ1) is 10.1. The highest BCUT2D eigenvalue weighted by Crippen LogP contribution is 2.38. The summed E-state index contributed by atoms with van der Waals surface area (Å²) in [4.78, 5) is 11.5. The molecular weight excluding hydrogens is 311 g/mol. The van der Waals surface area contributed by atoms with Crippen LogP contribution < -0.4 is 5.73 Å². The van der Waals surface area contributed by atoms with Gasteiger partial charge in [0.2, 0.25) is 5.91 Å². The monoisotopic (exact) mass is 330 g/mol. The second-order valence-corrected chi connectivity index (χ2v) is 8.34. The summed E-state index contributed by atoms with van der Waals surface area (Å²) in [6.07, 6.45) is 4.12. The molecule has 1 saturated carbocycles. The Labute approximate surface area is 128 Å². The molecule has 1 aromatic rings. The van der Waals surface area contributed by atoms with E-state index in [9.17, 15) is 17.6 Å². The highest BCUT2D eigenvalue weighted by Gasteiger charge is 2.41. The molecule has 1 fully saturated rings. The van der Waals surface area contributed by atoms with Gasteiger partial charge in [0.25, 0.3) is 0 Å². The molecule has 1 heterocycles. The summed E-state index contributed by atoms with van der Waals surface area (Å²) in [6, 6.07) is 1.53. The van der Waals surface area contributed by atoms with Crippen molar-refractivity contribution in [3.63, 3.8) is 0 Å². The number of aromatic nitrogens is 1. The van der Waals surface area contributed by atoms with Crippen molar-refractivity contribution in [2.75, 3.05) is 6.26 Å². The zero-order chi connectivity index (χ0) is 16.5. The van der Waals surface area contributed by atoms with Gasteiger partial charge in [-0.3, -0.25) is 4.79 Å². The third kappa shape index (κ3) is 3.55. The number of nitrogens with zero attached hydrogens (tertiary/aromatic N) is 1. The van der Waals surface area contributed by atoms with E-state index in [0.717, 1.165) is 19.1 Å². The van der Waals surface area contributed by atoms with E-state index in [1.807, 2.05) is 0 Å². The van der Waals surface area contributed by atoms with Crippen molar-refractivity contribution in [1.82, 2.24) is 5.16 Å². The molecule has 22 heavy (non-hydrogen) atoms. The van der Waals surface area contributed by atoms with Crippen molar-refractivity contribution in [3.05, 3.63) is 23.3 Å². The molecule has 1 atom stereocenters. The molecule has 0 aliphatic heterocycles. The standard InChI is InChI=1S/C14H19FN2O4S/c1-14(13(16)18,22(2,19)20)6-5-10-7-11(21-17-10)8-12(15)9-3-4-9/h7-9H,3-6H2,1-2H3,(H2,16,18)/b12-8-/t14-/m1/s1. The Kier molecular flexibility index (Phi) is 4.42. The summed E-state index contributed by atoms with van der Waals surface area (Å²) in [5.41, 5.74) is 5.66. The highest BCUT2D eigenvalue weighted by atomic mass is 32.2. The number of hydrogen-bond donors (Lipinski definition) is 1. The Hall–Kier alpha value is -1.70. The minimum absolute atomic E-state index is 0.0119. The maximum Gasteiger partial charge on any atom is 0.238 e. The first-order valence-electron chi connectivity index (χ1n) is 6.95. The van der Waals surface area contributed by atoms with Crippen molar-refractivity contribution in [3.8, 4) is 0 Å². The minimum atomic E-state index is -3.65. The number of carbonyl (C=O) groups is 1. The van der Waals surface area contributed by atoms with Crippen molar-refractivity contribution in [2.45, 2.75) is 37.4 Å². The van der Waals surface area contributed by atoms with E-state index in [1.54, 1.807) is 0 Å². The molecule has 8 heteroatoms. The normalized spacial score (nSPS) is 19.0. The summed E-state index contributed by atoms with van der Waals surface area (Å²) in [5.74, 6) is -0.879. The first-order valence-corrected chi connectivity index (χ1v) is 8.85. The Morgan fingerprint density at radius 2 is 2.23 bits per heavy atom. The Morgan fingerprint density at radius 1 is 1.59 bits per heavy atom. The van der Waals surface area contributed by atoms with Crippen LogP contribution in [0.4, 0.5) is 4.39 Å². The van der Waals surface area contributed by atoms with Gasteiger partial charge in [-0.1, -0.05) is 5.16 Å². The number of sulfone groups is 1. The number of aryl methyl sites for hydroxylation is 1. The number of rotatable bonds is 7. The second-order valence-electron chi connectivity index (χ2n) is 5.89. The van der Waals surface area contributed by atoms with Crippen molar-refractivity contribution in [2.24, 2.45) is 11.7 Å². The van der Waals surface area contributed by atoms with Gasteiger partial charge >= 0.3 is 0 Å². The Morgan fingerprint density at radius 3 is 2.73 bits per heavy atom. The van der Waals surface area contributed by atoms with Crippen LogP contribution in [0.1, 0.15) is 37.6 Å². The molecule has 2 N–H and O–H groups in total. The lowest BCUT2D eigenvalue weighted by atomic mass is 10.0. The number of nitrogens with two attached hydrogens (primary N) is 1. The average Bonchev–Trinajstić information content (AvgIpc) is 3.16. The number of hydrogen-bond acceptors (Lipinski definition) is 5. The topological polar surface area (TPSA) is 103 Å². The zero-order valence-electron chi connectivity index (χ0n) is 12.5. The lowest BCUT2D eigenvalue weighted by molar-refractivity contribution is -0.120. The van der Waals surface area contributed by atoms with Crippen molar-refractivity contribution < 1.29 is 22.1 Å². The van der Waals surface area contributed by atoms with Gasteiger partial charge in [0.15, 0.2) is 15.6 Å². The predicted molar refractivity (Wildman–Crippen MR) is 79.1 cm³/mol. The largest absolute Gasteiger partial charge is 0.368 e. The number of carbonyl (C=O) groups excluding carboxylic acids is 1. The van der Waals surface area contributed by atoms with Gasteiger partial charge in [-0.25, -0.2) is 12.8 Å². The van der Waals surface area contributed by atoms with Crippen LogP contribution in [-0.2, 0) is 21.1 Å². The van der Waals surface area contributed by atoms with Gasteiger partial charge in [-0.05, 0) is 32.6 Å². The molecule has 0 bridgehead atoms. The molecule has 2 rings (SSSR count). The summed E-state index contributed by atoms with van der Waals surface area (Å²) in [5, 5.41) is 3.76. The Balaban J connectivity index is 2.07. The van der Waals surface area contributed by atoms with Crippen LogP contribution in [0.5, 0.6) is 0 Å². The maximum atomic E-state index is 13.6. The molecule has 1 amide bonds.